The second-order valence-corrected chi connectivity index (χ2v) is 10.0. The van der Waals surface area contributed by atoms with Gasteiger partial charge in [-0.2, -0.15) is 0 Å². The number of fused-ring (bicyclic) bond motifs is 2. The van der Waals surface area contributed by atoms with Crippen LogP contribution < -0.4 is 4.73 Å². The monoisotopic (exact) mass is 520 g/mol. The van der Waals surface area contributed by atoms with Crippen molar-refractivity contribution in [2.75, 3.05) is 13.1 Å². The number of carbonyl (C=O) groups is 1. The molecule has 0 atom stereocenters. The van der Waals surface area contributed by atoms with Crippen molar-refractivity contribution in [1.29, 1.82) is 0 Å². The molecule has 34 heavy (non-hydrogen) atoms. The number of hydrogen-bond acceptors (Lipinski definition) is 4. The predicted molar refractivity (Wildman–Crippen MR) is 132 cm³/mol. The summed E-state index contributed by atoms with van der Waals surface area (Å²) in [5.41, 5.74) is 8.37. The number of benzene rings is 1. The number of aromatic hydroxyl groups is 1. The Labute approximate surface area is 207 Å². The van der Waals surface area contributed by atoms with Gasteiger partial charge in [-0.25, -0.2) is 0 Å². The van der Waals surface area contributed by atoms with E-state index < -0.39 is 0 Å². The number of nitrogens with zero attached hydrogens (tertiary/aromatic N) is 3. The number of aromatic nitrogens is 2. The molecule has 1 fully saturated rings. The number of phenols is 1. The van der Waals surface area contributed by atoms with E-state index in [2.05, 4.69) is 28.1 Å². The van der Waals surface area contributed by atoms with E-state index in [-0.39, 0.29) is 5.91 Å². The normalized spacial score (nSPS) is 15.5. The molecule has 1 aromatic carbocycles. The van der Waals surface area contributed by atoms with E-state index in [1.54, 1.807) is 12.1 Å². The minimum absolute atomic E-state index is 0.0851. The molecule has 0 bridgehead atoms. The Bertz CT molecular complexity index is 1290. The van der Waals surface area contributed by atoms with Gasteiger partial charge in [-0.15, -0.1) is 0 Å². The highest BCUT2D eigenvalue weighted by Crippen LogP contribution is 2.42. The maximum Gasteiger partial charge on any atom is 0.227 e. The van der Waals surface area contributed by atoms with Crippen molar-refractivity contribution in [3.05, 3.63) is 92.5 Å². The van der Waals surface area contributed by atoms with Crippen LogP contribution in [0, 0.1) is 6.92 Å². The zero-order valence-electron chi connectivity index (χ0n) is 19.1. The van der Waals surface area contributed by atoms with Gasteiger partial charge in [-0.1, -0.05) is 11.6 Å². The number of phenolic OH excluding ortho intramolecular Hbond substituents is 1. The first kappa shape index (κ1) is 22.6. The van der Waals surface area contributed by atoms with Gasteiger partial charge in [0, 0.05) is 51.8 Å². The van der Waals surface area contributed by atoms with Crippen LogP contribution in [-0.4, -0.2) is 39.2 Å². The second kappa shape index (κ2) is 9.22. The standard InChI is InChI=1S/C27H26BrN3O3/c1-17-12-20-2-3-21-15-22(28)16-29-27(21)26(25(20)23(32)13-17)19-6-8-30(9-7-19)24(33)14-18-4-10-31(34)11-5-18/h4-5,10-13,15-16H,2-3,6-9,14H2,1H3,(H-,32,34)/p+1. The van der Waals surface area contributed by atoms with Gasteiger partial charge < -0.3 is 10.0 Å². The molecule has 3 heterocycles. The zero-order chi connectivity index (χ0) is 23.8. The Morgan fingerprint density at radius 1 is 1.09 bits per heavy atom. The SMILES string of the molecule is Cc1cc(O)c2c(c1)CCc1cc(Br)cnc1C2=C1CCN(C(=O)Cc2cc[n+](O)cc2)CC1. The summed E-state index contributed by atoms with van der Waals surface area (Å²) in [6, 6.07) is 9.64. The molecule has 7 heteroatoms. The fraction of sp³-hybridized carbons (Fsp3) is 0.296. The topological polar surface area (TPSA) is 77.5 Å². The van der Waals surface area contributed by atoms with E-state index in [1.165, 1.54) is 23.5 Å². The summed E-state index contributed by atoms with van der Waals surface area (Å²) in [6.45, 7) is 3.28. The van der Waals surface area contributed by atoms with Gasteiger partial charge in [0.25, 0.3) is 0 Å². The van der Waals surface area contributed by atoms with Gasteiger partial charge in [0.2, 0.25) is 18.3 Å². The lowest BCUT2D eigenvalue weighted by atomic mass is 9.87. The molecule has 0 radical (unpaired) electrons. The van der Waals surface area contributed by atoms with E-state index in [9.17, 15) is 15.1 Å². The van der Waals surface area contributed by atoms with Crippen molar-refractivity contribution in [3.63, 3.8) is 0 Å². The van der Waals surface area contributed by atoms with Crippen LogP contribution >= 0.6 is 15.9 Å². The van der Waals surface area contributed by atoms with Gasteiger partial charge >= 0.3 is 0 Å². The van der Waals surface area contributed by atoms with Crippen LogP contribution in [0.25, 0.3) is 5.57 Å². The molecule has 2 aromatic heterocycles. The molecule has 174 valence electrons. The molecule has 1 aliphatic carbocycles. The number of amides is 1. The van der Waals surface area contributed by atoms with Gasteiger partial charge in [-0.05, 0) is 82.9 Å². The molecule has 1 saturated heterocycles. The number of hydrogen-bond donors (Lipinski definition) is 2. The third kappa shape index (κ3) is 4.44. The van der Waals surface area contributed by atoms with Gasteiger partial charge in [0.05, 0.1) is 12.1 Å². The summed E-state index contributed by atoms with van der Waals surface area (Å²) in [7, 11) is 0. The Morgan fingerprint density at radius 3 is 2.53 bits per heavy atom. The number of halogens is 1. The van der Waals surface area contributed by atoms with E-state index >= 15 is 0 Å². The Kier molecular flexibility index (Phi) is 6.13. The lowest BCUT2D eigenvalue weighted by Crippen LogP contribution is -2.37. The summed E-state index contributed by atoms with van der Waals surface area (Å²) < 4.78 is 1.93. The summed E-state index contributed by atoms with van der Waals surface area (Å²) >= 11 is 3.56. The average molecular weight is 521 g/mol. The van der Waals surface area contributed by atoms with Gasteiger partial charge in [0.1, 0.15) is 5.75 Å². The van der Waals surface area contributed by atoms with Crippen molar-refractivity contribution in [2.45, 2.75) is 39.0 Å². The van der Waals surface area contributed by atoms with Crippen LogP contribution in [0.5, 0.6) is 5.75 Å². The number of aryl methyl sites for hydroxylation is 3. The number of pyridine rings is 2. The molecule has 2 aliphatic rings. The van der Waals surface area contributed by atoms with Crippen molar-refractivity contribution < 1.29 is 19.8 Å². The van der Waals surface area contributed by atoms with Crippen LogP contribution in [0.2, 0.25) is 0 Å². The molecule has 2 N–H and O–H groups in total. The molecular weight excluding hydrogens is 494 g/mol. The summed E-state index contributed by atoms with van der Waals surface area (Å²) in [6.07, 6.45) is 8.40. The van der Waals surface area contributed by atoms with Crippen molar-refractivity contribution >= 4 is 27.4 Å². The van der Waals surface area contributed by atoms with Crippen LogP contribution in [0.3, 0.4) is 0 Å². The summed E-state index contributed by atoms with van der Waals surface area (Å²) in [4.78, 5) is 19.6. The quantitative estimate of drug-likeness (QED) is 0.393. The fourth-order valence-electron chi connectivity index (χ4n) is 5.09. The summed E-state index contributed by atoms with van der Waals surface area (Å²) in [5.74, 6) is 0.390. The maximum atomic E-state index is 12.9. The Hall–Kier alpha value is -3.19. The Balaban J connectivity index is 1.47. The maximum absolute atomic E-state index is 12.9. The van der Waals surface area contributed by atoms with Crippen LogP contribution in [0.15, 0.2) is 59.0 Å². The zero-order valence-corrected chi connectivity index (χ0v) is 20.7. The van der Waals surface area contributed by atoms with E-state index in [4.69, 9.17) is 4.98 Å². The lowest BCUT2D eigenvalue weighted by molar-refractivity contribution is -0.904. The minimum Gasteiger partial charge on any atom is -0.507 e. The molecule has 0 unspecified atom stereocenters. The molecule has 6 nitrogen and oxygen atoms in total. The van der Waals surface area contributed by atoms with Crippen LogP contribution in [0.1, 0.15) is 46.4 Å². The molecule has 3 aromatic rings. The molecule has 1 amide bonds. The minimum atomic E-state index is 0.0851. The highest BCUT2D eigenvalue weighted by atomic mass is 79.9. The number of carbonyl (C=O) groups excluding carboxylic acids is 1. The number of likely N-dealkylation sites (tertiary alicyclic amines) is 1. The molecule has 0 spiro atoms. The molecular formula is C27H27BrN3O3+. The van der Waals surface area contributed by atoms with Crippen molar-refractivity contribution in [2.24, 2.45) is 0 Å². The first-order valence-electron chi connectivity index (χ1n) is 11.6. The highest BCUT2D eigenvalue weighted by molar-refractivity contribution is 9.10. The van der Waals surface area contributed by atoms with Crippen LogP contribution in [0.4, 0.5) is 0 Å². The fourth-order valence-corrected chi connectivity index (χ4v) is 5.46. The average Bonchev–Trinajstić information content (AvgIpc) is 2.97. The lowest BCUT2D eigenvalue weighted by Gasteiger charge is -2.30. The smallest absolute Gasteiger partial charge is 0.227 e. The van der Waals surface area contributed by atoms with Gasteiger partial charge in [0.15, 0.2) is 0 Å². The molecule has 5 rings (SSSR count). The highest BCUT2D eigenvalue weighted by Gasteiger charge is 2.28. The van der Waals surface area contributed by atoms with E-state index in [0.29, 0.717) is 25.3 Å². The van der Waals surface area contributed by atoms with Gasteiger partial charge in [-0.3, -0.25) is 15.0 Å². The largest absolute Gasteiger partial charge is 0.507 e. The molecule has 1 aliphatic heterocycles. The van der Waals surface area contributed by atoms with E-state index in [0.717, 1.165) is 68.4 Å². The summed E-state index contributed by atoms with van der Waals surface area (Å²) in [5, 5.41) is 20.4. The molecule has 0 saturated carbocycles. The first-order chi connectivity index (χ1) is 16.4. The Morgan fingerprint density at radius 2 is 1.79 bits per heavy atom. The van der Waals surface area contributed by atoms with E-state index in [1.807, 2.05) is 24.1 Å². The second-order valence-electron chi connectivity index (χ2n) is 9.10. The van der Waals surface area contributed by atoms with Crippen LogP contribution in [-0.2, 0) is 24.1 Å². The van der Waals surface area contributed by atoms with Crippen molar-refractivity contribution in [3.8, 4) is 5.75 Å². The first-order valence-corrected chi connectivity index (χ1v) is 12.4. The third-order valence-electron chi connectivity index (χ3n) is 6.74. The predicted octanol–water partition coefficient (Wildman–Crippen LogP) is 4.15. The van der Waals surface area contributed by atoms with Crippen molar-refractivity contribution in [1.82, 2.24) is 9.88 Å². The number of piperidine rings is 1. The number of rotatable bonds is 2. The third-order valence-corrected chi connectivity index (χ3v) is 7.17.